The summed E-state index contributed by atoms with van der Waals surface area (Å²) in [5, 5.41) is 3.22. The maximum Gasteiger partial charge on any atom is 0.148 e. The highest BCUT2D eigenvalue weighted by molar-refractivity contribution is 5.41. The Morgan fingerprint density at radius 3 is 2.56 bits per heavy atom. The Labute approximate surface area is 108 Å². The lowest BCUT2D eigenvalue weighted by atomic mass is 10.1. The van der Waals surface area contributed by atoms with Crippen LogP contribution in [0.5, 0.6) is 0 Å². The van der Waals surface area contributed by atoms with Crippen molar-refractivity contribution in [1.29, 1.82) is 0 Å². The van der Waals surface area contributed by atoms with E-state index >= 15 is 0 Å². The van der Waals surface area contributed by atoms with Crippen LogP contribution in [0.1, 0.15) is 30.8 Å². The lowest BCUT2D eigenvalue weighted by Gasteiger charge is -2.08. The number of anilines is 1. The fourth-order valence-corrected chi connectivity index (χ4v) is 1.75. The molecule has 2 aromatic heterocycles. The summed E-state index contributed by atoms with van der Waals surface area (Å²) >= 11 is 0. The summed E-state index contributed by atoms with van der Waals surface area (Å²) in [6.07, 6.45) is 7.07. The molecule has 0 spiro atoms. The fourth-order valence-electron chi connectivity index (χ4n) is 1.75. The van der Waals surface area contributed by atoms with Gasteiger partial charge in [-0.05, 0) is 25.0 Å². The average Bonchev–Trinajstić information content (AvgIpc) is 2.42. The number of hydrogen-bond acceptors (Lipinski definition) is 4. The van der Waals surface area contributed by atoms with Gasteiger partial charge in [-0.25, -0.2) is 4.98 Å². The van der Waals surface area contributed by atoms with Gasteiger partial charge in [0.05, 0.1) is 5.69 Å². The Bertz CT molecular complexity index is 493. The number of hydrogen-bond donors (Lipinski definition) is 1. The van der Waals surface area contributed by atoms with Gasteiger partial charge in [0.25, 0.3) is 0 Å². The van der Waals surface area contributed by atoms with Gasteiger partial charge in [-0.2, -0.15) is 0 Å². The van der Waals surface area contributed by atoms with Crippen LogP contribution < -0.4 is 5.32 Å². The Kier molecular flexibility index (Phi) is 4.23. The molecule has 0 radical (unpaired) electrons. The first-order valence-corrected chi connectivity index (χ1v) is 6.31. The summed E-state index contributed by atoms with van der Waals surface area (Å²) < 4.78 is 0. The van der Waals surface area contributed by atoms with Crippen LogP contribution in [0.3, 0.4) is 0 Å². The van der Waals surface area contributed by atoms with E-state index < -0.39 is 0 Å². The lowest BCUT2D eigenvalue weighted by Crippen LogP contribution is -2.06. The molecule has 2 rings (SSSR count). The lowest BCUT2D eigenvalue weighted by molar-refractivity contribution is 0.966. The Morgan fingerprint density at radius 1 is 1.06 bits per heavy atom. The van der Waals surface area contributed by atoms with Gasteiger partial charge in [0, 0.05) is 37.3 Å². The normalized spacial score (nSPS) is 10.3. The highest BCUT2D eigenvalue weighted by atomic mass is 15.0. The summed E-state index contributed by atoms with van der Waals surface area (Å²) in [5.41, 5.74) is 3.22. The molecule has 0 atom stereocenters. The summed E-state index contributed by atoms with van der Waals surface area (Å²) in [6, 6.07) is 4.18. The zero-order chi connectivity index (χ0) is 12.8. The zero-order valence-corrected chi connectivity index (χ0v) is 10.8. The molecule has 2 aromatic rings. The van der Waals surface area contributed by atoms with Crippen LogP contribution in [0, 0.1) is 0 Å². The first kappa shape index (κ1) is 12.5. The quantitative estimate of drug-likeness (QED) is 0.875. The molecule has 0 saturated carbocycles. The van der Waals surface area contributed by atoms with Crippen molar-refractivity contribution in [2.24, 2.45) is 0 Å². The molecule has 0 aliphatic carbocycles. The second-order valence-electron chi connectivity index (χ2n) is 4.07. The largest absolute Gasteiger partial charge is 0.369 e. The van der Waals surface area contributed by atoms with Crippen molar-refractivity contribution in [3.05, 3.63) is 47.7 Å². The van der Waals surface area contributed by atoms with Gasteiger partial charge in [-0.3, -0.25) is 9.97 Å². The highest BCUT2D eigenvalue weighted by Crippen LogP contribution is 2.13. The molecule has 0 unspecified atom stereocenters. The summed E-state index contributed by atoms with van der Waals surface area (Å²) in [4.78, 5) is 13.1. The molecule has 0 amide bonds. The minimum Gasteiger partial charge on any atom is -0.369 e. The van der Waals surface area contributed by atoms with Crippen molar-refractivity contribution in [2.75, 3.05) is 11.9 Å². The van der Waals surface area contributed by atoms with Crippen molar-refractivity contribution >= 4 is 5.82 Å². The van der Waals surface area contributed by atoms with Crippen LogP contribution >= 0.6 is 0 Å². The number of aromatic nitrogens is 3. The molecule has 0 saturated heterocycles. The van der Waals surface area contributed by atoms with Crippen LogP contribution in [0.25, 0.3) is 0 Å². The van der Waals surface area contributed by atoms with E-state index in [1.54, 1.807) is 12.4 Å². The predicted octanol–water partition coefficient (Wildman–Crippen LogP) is 2.46. The molecule has 0 aliphatic heterocycles. The number of nitrogens with zero attached hydrogens (tertiary/aromatic N) is 3. The maximum atomic E-state index is 4.45. The van der Waals surface area contributed by atoms with Crippen molar-refractivity contribution in [3.63, 3.8) is 0 Å². The fraction of sp³-hybridized carbons (Fsp3) is 0.357. The number of pyridine rings is 1. The monoisotopic (exact) mass is 242 g/mol. The Hall–Kier alpha value is -1.97. The molecular weight excluding hydrogens is 224 g/mol. The van der Waals surface area contributed by atoms with Gasteiger partial charge in [-0.1, -0.05) is 13.0 Å². The molecule has 94 valence electrons. The van der Waals surface area contributed by atoms with Crippen LogP contribution in [-0.4, -0.2) is 21.5 Å². The first-order chi connectivity index (χ1) is 8.83. The summed E-state index contributed by atoms with van der Waals surface area (Å²) in [7, 11) is 0. The van der Waals surface area contributed by atoms with Gasteiger partial charge in [-0.15, -0.1) is 0 Å². The van der Waals surface area contributed by atoms with Crippen LogP contribution in [0.2, 0.25) is 0 Å². The van der Waals surface area contributed by atoms with Gasteiger partial charge in [0.2, 0.25) is 0 Å². The van der Waals surface area contributed by atoms with E-state index in [1.165, 1.54) is 5.56 Å². The molecular formula is C14H18N4. The summed E-state index contributed by atoms with van der Waals surface area (Å²) in [6.45, 7) is 5.02. The SMILES string of the molecule is CCNc1nccnc1Cc1ccc(CC)cn1. The zero-order valence-electron chi connectivity index (χ0n) is 10.8. The molecule has 4 nitrogen and oxygen atoms in total. The third-order valence-corrected chi connectivity index (χ3v) is 2.76. The Morgan fingerprint density at radius 2 is 1.89 bits per heavy atom. The van der Waals surface area contributed by atoms with Crippen molar-refractivity contribution < 1.29 is 0 Å². The van der Waals surface area contributed by atoms with Gasteiger partial charge >= 0.3 is 0 Å². The molecule has 0 aliphatic rings. The first-order valence-electron chi connectivity index (χ1n) is 6.31. The maximum absolute atomic E-state index is 4.45. The third kappa shape index (κ3) is 3.03. The molecule has 2 heterocycles. The van der Waals surface area contributed by atoms with E-state index in [1.807, 2.05) is 13.1 Å². The highest BCUT2D eigenvalue weighted by Gasteiger charge is 2.06. The van der Waals surface area contributed by atoms with Crippen LogP contribution in [-0.2, 0) is 12.8 Å². The van der Waals surface area contributed by atoms with Crippen molar-refractivity contribution in [3.8, 4) is 0 Å². The minimum absolute atomic E-state index is 0.708. The Balaban J connectivity index is 2.17. The molecule has 4 heteroatoms. The van der Waals surface area contributed by atoms with E-state index in [0.29, 0.717) is 6.42 Å². The van der Waals surface area contributed by atoms with Gasteiger partial charge < -0.3 is 5.32 Å². The van der Waals surface area contributed by atoms with E-state index in [-0.39, 0.29) is 0 Å². The topological polar surface area (TPSA) is 50.7 Å². The third-order valence-electron chi connectivity index (χ3n) is 2.76. The van der Waals surface area contributed by atoms with Gasteiger partial charge in [0.1, 0.15) is 5.82 Å². The van der Waals surface area contributed by atoms with Crippen molar-refractivity contribution in [2.45, 2.75) is 26.7 Å². The minimum atomic E-state index is 0.708. The van der Waals surface area contributed by atoms with Crippen LogP contribution in [0.4, 0.5) is 5.82 Å². The second-order valence-corrected chi connectivity index (χ2v) is 4.07. The summed E-state index contributed by atoms with van der Waals surface area (Å²) in [5.74, 6) is 0.848. The van der Waals surface area contributed by atoms with E-state index in [0.717, 1.165) is 30.2 Å². The average molecular weight is 242 g/mol. The molecule has 0 bridgehead atoms. The molecule has 0 fully saturated rings. The number of rotatable bonds is 5. The number of aryl methyl sites for hydroxylation is 1. The number of nitrogens with one attached hydrogen (secondary N) is 1. The smallest absolute Gasteiger partial charge is 0.148 e. The van der Waals surface area contributed by atoms with E-state index in [4.69, 9.17) is 0 Å². The van der Waals surface area contributed by atoms with E-state index in [2.05, 4.69) is 39.3 Å². The van der Waals surface area contributed by atoms with Crippen molar-refractivity contribution in [1.82, 2.24) is 15.0 Å². The van der Waals surface area contributed by atoms with Gasteiger partial charge in [0.15, 0.2) is 0 Å². The van der Waals surface area contributed by atoms with E-state index in [9.17, 15) is 0 Å². The molecule has 0 aromatic carbocycles. The molecule has 1 N–H and O–H groups in total. The molecule has 18 heavy (non-hydrogen) atoms. The predicted molar refractivity (Wildman–Crippen MR) is 72.6 cm³/mol. The second kappa shape index (κ2) is 6.10. The van der Waals surface area contributed by atoms with Crippen LogP contribution in [0.15, 0.2) is 30.7 Å². The standard InChI is InChI=1S/C14H18N4/c1-3-11-5-6-12(18-10-11)9-13-14(15-4-2)17-8-7-16-13/h5-8,10H,3-4,9H2,1-2H3,(H,15,17).